The van der Waals surface area contributed by atoms with Crippen LogP contribution in [-0.2, 0) is 0 Å². The van der Waals surface area contributed by atoms with Crippen molar-refractivity contribution >= 4 is 23.3 Å². The van der Waals surface area contributed by atoms with Crippen LogP contribution in [0.3, 0.4) is 0 Å². The third-order valence-electron chi connectivity index (χ3n) is 2.35. The van der Waals surface area contributed by atoms with E-state index >= 15 is 0 Å². The quantitative estimate of drug-likeness (QED) is 0.909. The first-order chi connectivity index (χ1) is 9.38. The van der Waals surface area contributed by atoms with Gasteiger partial charge in [0.25, 0.3) is 5.91 Å². The number of rotatable bonds is 3. The Morgan fingerprint density at radius 2 is 1.85 bits per heavy atom. The van der Waals surface area contributed by atoms with Gasteiger partial charge in [0, 0.05) is 16.5 Å². The number of hydrogen-bond acceptors (Lipinski definition) is 4. The van der Waals surface area contributed by atoms with Crippen molar-refractivity contribution in [2.75, 3.05) is 0 Å². The fourth-order valence-electron chi connectivity index (χ4n) is 1.54. The monoisotopic (exact) mass is 298 g/mol. The predicted molar refractivity (Wildman–Crippen MR) is 68.4 cm³/mol. The molecule has 2 amide bonds. The Labute approximate surface area is 115 Å². The maximum atomic E-state index is 13.7. The highest BCUT2D eigenvalue weighted by Crippen LogP contribution is 2.38. The minimum absolute atomic E-state index is 0.0539. The Kier molecular flexibility index (Phi) is 3.66. The smallest absolute Gasteiger partial charge is 0.398 e. The number of carbonyl (C=O) groups excluding carboxylic acids is 2. The van der Waals surface area contributed by atoms with Gasteiger partial charge >= 0.3 is 6.09 Å². The second-order valence-electron chi connectivity index (χ2n) is 3.72. The van der Waals surface area contributed by atoms with E-state index in [2.05, 4.69) is 4.74 Å². The molecule has 104 valence electrons. The van der Waals surface area contributed by atoms with Crippen molar-refractivity contribution in [2.24, 2.45) is 11.5 Å². The summed E-state index contributed by atoms with van der Waals surface area (Å²) in [6.45, 7) is 0. The minimum Gasteiger partial charge on any atom is -0.398 e. The molecule has 8 heteroatoms. The van der Waals surface area contributed by atoms with Crippen molar-refractivity contribution in [2.45, 2.75) is 0 Å². The minimum atomic E-state index is -1.12. The third kappa shape index (κ3) is 2.75. The van der Waals surface area contributed by atoms with Crippen molar-refractivity contribution in [1.82, 2.24) is 0 Å². The number of carbonyl (C=O) groups is 2. The Morgan fingerprint density at radius 3 is 2.40 bits per heavy atom. The number of amides is 2. The lowest BCUT2D eigenvalue weighted by Crippen LogP contribution is -2.18. The van der Waals surface area contributed by atoms with Crippen molar-refractivity contribution in [1.29, 1.82) is 0 Å². The normalized spacial score (nSPS) is 10.3. The highest BCUT2D eigenvalue weighted by atomic mass is 32.1. The molecule has 0 radical (unpaired) electrons. The van der Waals surface area contributed by atoms with Crippen LogP contribution in [0.4, 0.5) is 13.6 Å². The van der Waals surface area contributed by atoms with Gasteiger partial charge in [0.15, 0.2) is 5.06 Å². The summed E-state index contributed by atoms with van der Waals surface area (Å²) in [6.07, 6.45) is -1.12. The number of ether oxygens (including phenoxy) is 1. The maximum Gasteiger partial charge on any atom is 0.410 e. The average Bonchev–Trinajstić information content (AvgIpc) is 2.71. The van der Waals surface area contributed by atoms with Crippen LogP contribution in [0, 0.1) is 11.6 Å². The zero-order valence-electron chi connectivity index (χ0n) is 9.85. The van der Waals surface area contributed by atoms with E-state index in [0.717, 1.165) is 17.4 Å². The van der Waals surface area contributed by atoms with Crippen LogP contribution in [0.1, 0.15) is 10.4 Å². The van der Waals surface area contributed by atoms with E-state index in [1.54, 1.807) is 0 Å². The van der Waals surface area contributed by atoms with Gasteiger partial charge in [-0.15, -0.1) is 0 Å². The number of thiophene rings is 1. The van der Waals surface area contributed by atoms with Gasteiger partial charge in [-0.25, -0.2) is 13.6 Å². The standard InChI is InChI=1S/C12H8F2N2O3S/c13-5-1-2-6(8(14)3-5)9-4-7(10(15)17)11(20-9)19-12(16)18/h1-4H,(H2,15,17)(H2,16,18). The van der Waals surface area contributed by atoms with Crippen LogP contribution in [0.5, 0.6) is 5.06 Å². The lowest BCUT2D eigenvalue weighted by Gasteiger charge is -1.99. The van der Waals surface area contributed by atoms with Crippen molar-refractivity contribution in [3.8, 4) is 15.5 Å². The highest BCUT2D eigenvalue weighted by molar-refractivity contribution is 7.17. The highest BCUT2D eigenvalue weighted by Gasteiger charge is 2.19. The summed E-state index contributed by atoms with van der Waals surface area (Å²) < 4.78 is 31.1. The van der Waals surface area contributed by atoms with Crippen LogP contribution in [0.2, 0.25) is 0 Å². The van der Waals surface area contributed by atoms with Crippen LogP contribution < -0.4 is 16.2 Å². The number of benzene rings is 1. The molecule has 20 heavy (non-hydrogen) atoms. The first-order valence-corrected chi connectivity index (χ1v) is 6.06. The van der Waals surface area contributed by atoms with Crippen LogP contribution in [0.15, 0.2) is 24.3 Å². The molecule has 0 bridgehead atoms. The van der Waals surface area contributed by atoms with Gasteiger partial charge < -0.3 is 16.2 Å². The topological polar surface area (TPSA) is 95.4 Å². The molecular weight excluding hydrogens is 290 g/mol. The lowest BCUT2D eigenvalue weighted by atomic mass is 10.1. The summed E-state index contributed by atoms with van der Waals surface area (Å²) >= 11 is 0.803. The predicted octanol–water partition coefficient (Wildman–Crippen LogP) is 2.25. The molecule has 0 saturated heterocycles. The molecule has 5 nitrogen and oxygen atoms in total. The van der Waals surface area contributed by atoms with Crippen LogP contribution in [0.25, 0.3) is 10.4 Å². The molecule has 0 aliphatic heterocycles. The summed E-state index contributed by atoms with van der Waals surface area (Å²) in [5, 5.41) is -0.135. The molecule has 1 aromatic heterocycles. The lowest BCUT2D eigenvalue weighted by molar-refractivity contribution is 0.0999. The summed E-state index contributed by atoms with van der Waals surface area (Å²) in [5.74, 6) is -2.40. The molecule has 0 spiro atoms. The SMILES string of the molecule is NC(=O)Oc1sc(-c2ccc(F)cc2F)cc1C(N)=O. The van der Waals surface area contributed by atoms with Crippen LogP contribution >= 0.6 is 11.3 Å². The zero-order valence-corrected chi connectivity index (χ0v) is 10.7. The van der Waals surface area contributed by atoms with Gasteiger partial charge in [-0.3, -0.25) is 4.79 Å². The van der Waals surface area contributed by atoms with Gasteiger partial charge in [0.2, 0.25) is 0 Å². The van der Waals surface area contributed by atoms with E-state index < -0.39 is 23.6 Å². The molecule has 1 aromatic carbocycles. The molecule has 2 rings (SSSR count). The van der Waals surface area contributed by atoms with Gasteiger partial charge in [0.05, 0.1) is 5.56 Å². The number of nitrogens with two attached hydrogens (primary N) is 2. The van der Waals surface area contributed by atoms with Gasteiger partial charge in [-0.2, -0.15) is 0 Å². The second kappa shape index (κ2) is 5.25. The summed E-state index contributed by atoms with van der Waals surface area (Å²) in [7, 11) is 0. The van der Waals surface area contributed by atoms with E-state index in [-0.39, 0.29) is 21.1 Å². The summed E-state index contributed by atoms with van der Waals surface area (Å²) in [4.78, 5) is 22.2. The maximum absolute atomic E-state index is 13.7. The molecule has 0 aliphatic carbocycles. The van der Waals surface area contributed by atoms with E-state index in [1.807, 2.05) is 0 Å². The molecule has 0 unspecified atom stereocenters. The Balaban J connectivity index is 2.52. The largest absolute Gasteiger partial charge is 0.410 e. The van der Waals surface area contributed by atoms with Gasteiger partial charge in [0.1, 0.15) is 11.6 Å². The van der Waals surface area contributed by atoms with E-state index in [1.165, 1.54) is 12.1 Å². The molecular formula is C12H8F2N2O3S. The van der Waals surface area contributed by atoms with Crippen molar-refractivity contribution in [3.05, 3.63) is 41.5 Å². The molecule has 0 atom stereocenters. The van der Waals surface area contributed by atoms with Crippen molar-refractivity contribution < 1.29 is 23.1 Å². The molecule has 0 aliphatic rings. The zero-order chi connectivity index (χ0) is 14.9. The van der Waals surface area contributed by atoms with E-state index in [4.69, 9.17) is 11.5 Å². The average molecular weight is 298 g/mol. The van der Waals surface area contributed by atoms with E-state index in [0.29, 0.717) is 6.07 Å². The van der Waals surface area contributed by atoms with Gasteiger partial charge in [-0.1, -0.05) is 11.3 Å². The third-order valence-corrected chi connectivity index (χ3v) is 3.40. The molecule has 0 saturated carbocycles. The number of hydrogen-bond donors (Lipinski definition) is 2. The fourth-order valence-corrected chi connectivity index (χ4v) is 2.58. The first-order valence-electron chi connectivity index (χ1n) is 5.25. The van der Waals surface area contributed by atoms with Crippen molar-refractivity contribution in [3.63, 3.8) is 0 Å². The molecule has 0 fully saturated rings. The van der Waals surface area contributed by atoms with E-state index in [9.17, 15) is 18.4 Å². The fraction of sp³-hybridized carbons (Fsp3) is 0. The van der Waals surface area contributed by atoms with Gasteiger partial charge in [-0.05, 0) is 18.2 Å². The van der Waals surface area contributed by atoms with Crippen LogP contribution in [-0.4, -0.2) is 12.0 Å². The second-order valence-corrected chi connectivity index (χ2v) is 4.74. The Morgan fingerprint density at radius 1 is 1.15 bits per heavy atom. The molecule has 2 aromatic rings. The summed E-state index contributed by atoms with van der Waals surface area (Å²) in [5.41, 5.74) is 9.94. The molecule has 4 N–H and O–H groups in total. The first kappa shape index (κ1) is 13.9. The Hall–Kier alpha value is -2.48. The number of halogens is 2. The molecule has 1 heterocycles. The Bertz CT molecular complexity index is 700. The summed E-state index contributed by atoms with van der Waals surface area (Å²) in [6, 6.07) is 4.22. The number of primary amides is 2.